The lowest BCUT2D eigenvalue weighted by atomic mass is 9.94. The molecule has 1 atom stereocenters. The van der Waals surface area contributed by atoms with E-state index < -0.39 is 11.6 Å². The summed E-state index contributed by atoms with van der Waals surface area (Å²) in [6.07, 6.45) is 2.55. The number of halogens is 2. The van der Waals surface area contributed by atoms with Gasteiger partial charge in [0, 0.05) is 25.4 Å². The Bertz CT molecular complexity index is 400. The van der Waals surface area contributed by atoms with Gasteiger partial charge in [0.05, 0.1) is 0 Å². The first kappa shape index (κ1) is 13.1. The second-order valence-electron chi connectivity index (χ2n) is 4.80. The third kappa shape index (κ3) is 2.72. The molecule has 0 aromatic heterocycles. The number of anilines is 2. The molecule has 1 aliphatic heterocycles. The number of hydrogen-bond donors (Lipinski definition) is 2. The molecule has 18 heavy (non-hydrogen) atoms. The van der Waals surface area contributed by atoms with Crippen molar-refractivity contribution in [3.05, 3.63) is 23.8 Å². The van der Waals surface area contributed by atoms with E-state index in [-0.39, 0.29) is 18.0 Å². The normalized spacial score (nSPS) is 20.2. The van der Waals surface area contributed by atoms with Crippen molar-refractivity contribution < 1.29 is 13.9 Å². The van der Waals surface area contributed by atoms with Gasteiger partial charge < -0.3 is 15.7 Å². The molecule has 0 aliphatic carbocycles. The van der Waals surface area contributed by atoms with Crippen molar-refractivity contribution in [2.75, 3.05) is 30.3 Å². The van der Waals surface area contributed by atoms with E-state index in [1.54, 1.807) is 4.90 Å². The number of aliphatic hydroxyl groups excluding tert-OH is 1. The van der Waals surface area contributed by atoms with Gasteiger partial charge in [-0.1, -0.05) is 0 Å². The van der Waals surface area contributed by atoms with Crippen LogP contribution in [-0.4, -0.2) is 24.8 Å². The molecule has 1 unspecified atom stereocenters. The van der Waals surface area contributed by atoms with Gasteiger partial charge in [-0.05, 0) is 37.3 Å². The summed E-state index contributed by atoms with van der Waals surface area (Å²) in [5.74, 6) is -0.936. The first-order chi connectivity index (χ1) is 8.61. The van der Waals surface area contributed by atoms with E-state index in [0.717, 1.165) is 25.0 Å². The van der Waals surface area contributed by atoms with Crippen molar-refractivity contribution in [1.82, 2.24) is 0 Å². The molecule has 100 valence electrons. The predicted molar refractivity (Wildman–Crippen MR) is 67.4 cm³/mol. The van der Waals surface area contributed by atoms with Crippen molar-refractivity contribution in [2.24, 2.45) is 5.92 Å². The van der Waals surface area contributed by atoms with Crippen LogP contribution in [0.25, 0.3) is 0 Å². The summed E-state index contributed by atoms with van der Waals surface area (Å²) < 4.78 is 27.6. The Morgan fingerprint density at radius 2 is 2.00 bits per heavy atom. The molecule has 1 aliphatic rings. The molecule has 0 radical (unpaired) electrons. The second-order valence-corrected chi connectivity index (χ2v) is 4.80. The van der Waals surface area contributed by atoms with Crippen LogP contribution >= 0.6 is 0 Å². The molecule has 0 saturated carbocycles. The van der Waals surface area contributed by atoms with Crippen LogP contribution in [0.15, 0.2) is 12.1 Å². The molecule has 1 aromatic carbocycles. The first-order valence-electron chi connectivity index (χ1n) is 6.22. The van der Waals surface area contributed by atoms with Gasteiger partial charge in [0.1, 0.15) is 5.69 Å². The molecule has 0 spiro atoms. The number of aliphatic hydroxyl groups is 1. The molecular formula is C13H18F2N2O. The lowest BCUT2D eigenvalue weighted by Gasteiger charge is -2.34. The van der Waals surface area contributed by atoms with Crippen LogP contribution in [0.1, 0.15) is 19.3 Å². The number of benzene rings is 1. The van der Waals surface area contributed by atoms with Crippen molar-refractivity contribution in [1.29, 1.82) is 0 Å². The quantitative estimate of drug-likeness (QED) is 0.815. The van der Waals surface area contributed by atoms with Crippen LogP contribution in [0, 0.1) is 17.6 Å². The molecule has 1 aromatic rings. The largest absolute Gasteiger partial charge is 0.399 e. The molecule has 5 heteroatoms. The topological polar surface area (TPSA) is 49.5 Å². The molecule has 1 heterocycles. The highest BCUT2D eigenvalue weighted by molar-refractivity contribution is 5.56. The Hall–Kier alpha value is -1.36. The Morgan fingerprint density at radius 1 is 1.33 bits per heavy atom. The summed E-state index contributed by atoms with van der Waals surface area (Å²) in [5, 5.41) is 8.94. The molecule has 0 bridgehead atoms. The summed E-state index contributed by atoms with van der Waals surface area (Å²) in [5.41, 5.74) is 5.50. The molecule has 3 N–H and O–H groups in total. The van der Waals surface area contributed by atoms with Gasteiger partial charge in [-0.25, -0.2) is 8.78 Å². The minimum Gasteiger partial charge on any atom is -0.399 e. The van der Waals surface area contributed by atoms with Crippen molar-refractivity contribution in [3.63, 3.8) is 0 Å². The van der Waals surface area contributed by atoms with Gasteiger partial charge in [-0.2, -0.15) is 0 Å². The monoisotopic (exact) mass is 256 g/mol. The van der Waals surface area contributed by atoms with Crippen molar-refractivity contribution in [2.45, 2.75) is 19.3 Å². The van der Waals surface area contributed by atoms with Crippen molar-refractivity contribution in [3.8, 4) is 0 Å². The highest BCUT2D eigenvalue weighted by atomic mass is 19.1. The van der Waals surface area contributed by atoms with Crippen molar-refractivity contribution >= 4 is 11.4 Å². The summed E-state index contributed by atoms with van der Waals surface area (Å²) in [4.78, 5) is 1.72. The number of nitrogen functional groups attached to an aromatic ring is 1. The summed E-state index contributed by atoms with van der Waals surface area (Å²) in [6, 6.07) is 2.29. The zero-order valence-electron chi connectivity index (χ0n) is 10.2. The van der Waals surface area contributed by atoms with E-state index in [2.05, 4.69) is 0 Å². The van der Waals surface area contributed by atoms with Gasteiger partial charge in [-0.3, -0.25) is 0 Å². The smallest absolute Gasteiger partial charge is 0.151 e. The highest BCUT2D eigenvalue weighted by Gasteiger charge is 2.24. The Balaban J connectivity index is 2.20. The average Bonchev–Trinajstić information content (AvgIpc) is 2.28. The molecule has 3 nitrogen and oxygen atoms in total. The maximum absolute atomic E-state index is 13.8. The fourth-order valence-corrected chi connectivity index (χ4v) is 2.57. The molecular weight excluding hydrogens is 238 g/mol. The van der Waals surface area contributed by atoms with Gasteiger partial charge in [0.25, 0.3) is 0 Å². The average molecular weight is 256 g/mol. The van der Waals surface area contributed by atoms with E-state index in [1.165, 1.54) is 0 Å². The molecule has 1 saturated heterocycles. The highest BCUT2D eigenvalue weighted by Crippen LogP contribution is 2.30. The first-order valence-corrected chi connectivity index (χ1v) is 6.22. The van der Waals surface area contributed by atoms with E-state index in [4.69, 9.17) is 10.8 Å². The van der Waals surface area contributed by atoms with E-state index in [0.29, 0.717) is 25.4 Å². The van der Waals surface area contributed by atoms with Crippen LogP contribution in [0.2, 0.25) is 0 Å². The maximum Gasteiger partial charge on any atom is 0.151 e. The zero-order valence-corrected chi connectivity index (χ0v) is 10.2. The second kappa shape index (κ2) is 5.52. The fraction of sp³-hybridized carbons (Fsp3) is 0.538. The fourth-order valence-electron chi connectivity index (χ4n) is 2.57. The van der Waals surface area contributed by atoms with E-state index in [1.807, 2.05) is 0 Å². The number of nitrogens with two attached hydrogens (primary N) is 1. The van der Waals surface area contributed by atoms with Gasteiger partial charge in [-0.15, -0.1) is 0 Å². The van der Waals surface area contributed by atoms with Gasteiger partial charge in [0.15, 0.2) is 11.6 Å². The van der Waals surface area contributed by atoms with E-state index >= 15 is 0 Å². The standard InChI is InChI=1S/C13H18F2N2O/c14-11-6-10(16)7-12(15)13(11)17-4-1-2-9(8-17)3-5-18/h6-7,9,18H,1-5,8,16H2. The molecule has 1 fully saturated rings. The Kier molecular flexibility index (Phi) is 4.01. The Morgan fingerprint density at radius 3 is 2.61 bits per heavy atom. The summed E-state index contributed by atoms with van der Waals surface area (Å²) >= 11 is 0. The summed E-state index contributed by atoms with van der Waals surface area (Å²) in [6.45, 7) is 1.34. The number of rotatable bonds is 3. The molecule has 0 amide bonds. The third-order valence-corrected chi connectivity index (χ3v) is 3.41. The summed E-state index contributed by atoms with van der Waals surface area (Å²) in [7, 11) is 0. The van der Waals surface area contributed by atoms with E-state index in [9.17, 15) is 8.78 Å². The Labute approximate surface area is 105 Å². The van der Waals surface area contributed by atoms with Crippen LogP contribution in [0.4, 0.5) is 20.2 Å². The van der Waals surface area contributed by atoms with Gasteiger partial charge >= 0.3 is 0 Å². The van der Waals surface area contributed by atoms with Crippen LogP contribution in [0.5, 0.6) is 0 Å². The minimum absolute atomic E-state index is 0.00633. The molecule has 2 rings (SSSR count). The zero-order chi connectivity index (χ0) is 13.1. The maximum atomic E-state index is 13.8. The lowest BCUT2D eigenvalue weighted by Crippen LogP contribution is -2.36. The number of piperidine rings is 1. The van der Waals surface area contributed by atoms with Gasteiger partial charge in [0.2, 0.25) is 0 Å². The van der Waals surface area contributed by atoms with Crippen LogP contribution < -0.4 is 10.6 Å². The SMILES string of the molecule is Nc1cc(F)c(N2CCCC(CCO)C2)c(F)c1. The lowest BCUT2D eigenvalue weighted by molar-refractivity contribution is 0.244. The number of hydrogen-bond acceptors (Lipinski definition) is 3. The minimum atomic E-state index is -0.614. The number of nitrogens with zero attached hydrogens (tertiary/aromatic N) is 1. The predicted octanol–water partition coefficient (Wildman–Crippen LogP) is 2.15. The van der Waals surface area contributed by atoms with Crippen LogP contribution in [-0.2, 0) is 0 Å². The van der Waals surface area contributed by atoms with Crippen LogP contribution in [0.3, 0.4) is 0 Å². The third-order valence-electron chi connectivity index (χ3n) is 3.41.